The Kier molecular flexibility index (Phi) is 4.17. The van der Waals surface area contributed by atoms with Crippen LogP contribution in [0.1, 0.15) is 59.3 Å². The van der Waals surface area contributed by atoms with Gasteiger partial charge in [-0.25, -0.2) is 0 Å². The predicted octanol–water partition coefficient (Wildman–Crippen LogP) is 4.41. The summed E-state index contributed by atoms with van der Waals surface area (Å²) in [6, 6.07) is 0. The van der Waals surface area contributed by atoms with Crippen LogP contribution in [0.5, 0.6) is 0 Å². The summed E-state index contributed by atoms with van der Waals surface area (Å²) < 4.78 is 5.54. The summed E-state index contributed by atoms with van der Waals surface area (Å²) in [6.07, 6.45) is 15.3. The first-order valence-corrected chi connectivity index (χ1v) is 7.48. The molecule has 0 unspecified atom stereocenters. The molecule has 0 aromatic rings. The van der Waals surface area contributed by atoms with E-state index in [0.717, 1.165) is 12.8 Å². The first-order valence-electron chi connectivity index (χ1n) is 7.48. The van der Waals surface area contributed by atoms with Gasteiger partial charge in [0, 0.05) is 5.92 Å². The molecule has 0 amide bonds. The number of esters is 1. The smallest absolute Gasteiger partial charge is 0.306 e. The lowest BCUT2D eigenvalue weighted by atomic mass is 9.64. The van der Waals surface area contributed by atoms with Crippen LogP contribution in [-0.2, 0) is 9.53 Å². The van der Waals surface area contributed by atoms with E-state index >= 15 is 0 Å². The van der Waals surface area contributed by atoms with Crippen molar-refractivity contribution in [1.82, 2.24) is 0 Å². The highest BCUT2D eigenvalue weighted by atomic mass is 16.6. The van der Waals surface area contributed by atoms with Crippen LogP contribution in [0.2, 0.25) is 0 Å². The molecule has 2 heteroatoms. The maximum absolute atomic E-state index is 12.2. The largest absolute Gasteiger partial charge is 0.460 e. The van der Waals surface area contributed by atoms with Gasteiger partial charge < -0.3 is 4.74 Å². The first-order chi connectivity index (χ1) is 8.91. The molecule has 0 bridgehead atoms. The summed E-state index contributed by atoms with van der Waals surface area (Å²) in [4.78, 5) is 12.2. The minimum Gasteiger partial charge on any atom is -0.460 e. The zero-order valence-electron chi connectivity index (χ0n) is 12.4. The van der Waals surface area contributed by atoms with Crippen LogP contribution in [0, 0.1) is 11.3 Å². The second kappa shape index (κ2) is 5.52. The third-order valence-corrected chi connectivity index (χ3v) is 4.22. The van der Waals surface area contributed by atoms with Gasteiger partial charge in [0.25, 0.3) is 0 Å². The van der Waals surface area contributed by atoms with Crippen LogP contribution < -0.4 is 0 Å². The molecule has 1 fully saturated rings. The molecular weight excluding hydrogens is 236 g/mol. The van der Waals surface area contributed by atoms with Crippen molar-refractivity contribution in [1.29, 1.82) is 0 Å². The zero-order chi connectivity index (χ0) is 13.9. The van der Waals surface area contributed by atoms with Gasteiger partial charge >= 0.3 is 5.97 Å². The molecule has 1 saturated carbocycles. The van der Waals surface area contributed by atoms with Gasteiger partial charge in [-0.15, -0.1) is 0 Å². The third kappa shape index (κ3) is 3.71. The highest BCUT2D eigenvalue weighted by molar-refractivity contribution is 5.71. The van der Waals surface area contributed by atoms with Gasteiger partial charge in [-0.05, 0) is 39.0 Å². The molecule has 0 aromatic carbocycles. The zero-order valence-corrected chi connectivity index (χ0v) is 12.4. The molecular formula is C17H26O2. The summed E-state index contributed by atoms with van der Waals surface area (Å²) in [5.74, 6) is 0.378. The standard InChI is InChI=1S/C17H26O2/c1-16(2,3)19-15(18)13-17(11-7-4-8-12-17)14-9-5-6-10-14/h5-6,9-10,14H,4,7-8,11-13H2,1-3H3. The van der Waals surface area contributed by atoms with Crippen molar-refractivity contribution in [2.24, 2.45) is 11.3 Å². The van der Waals surface area contributed by atoms with E-state index in [1.54, 1.807) is 0 Å². The Morgan fingerprint density at radius 2 is 1.74 bits per heavy atom. The summed E-state index contributed by atoms with van der Waals surface area (Å²) >= 11 is 0. The van der Waals surface area contributed by atoms with E-state index in [1.165, 1.54) is 19.3 Å². The van der Waals surface area contributed by atoms with Crippen molar-refractivity contribution in [3.05, 3.63) is 24.3 Å². The minimum atomic E-state index is -0.381. The van der Waals surface area contributed by atoms with E-state index in [0.29, 0.717) is 12.3 Å². The van der Waals surface area contributed by atoms with Gasteiger partial charge in [0.15, 0.2) is 0 Å². The fourth-order valence-electron chi connectivity index (χ4n) is 3.39. The Morgan fingerprint density at radius 1 is 1.16 bits per heavy atom. The van der Waals surface area contributed by atoms with Crippen molar-refractivity contribution >= 4 is 5.97 Å². The summed E-state index contributed by atoms with van der Waals surface area (Å²) in [5.41, 5.74) is -0.279. The van der Waals surface area contributed by atoms with Crippen LogP contribution >= 0.6 is 0 Å². The second-order valence-corrected chi connectivity index (χ2v) is 6.98. The monoisotopic (exact) mass is 262 g/mol. The van der Waals surface area contributed by atoms with Crippen LogP contribution in [0.3, 0.4) is 0 Å². The van der Waals surface area contributed by atoms with Crippen molar-refractivity contribution in [2.45, 2.75) is 64.9 Å². The third-order valence-electron chi connectivity index (χ3n) is 4.22. The fourth-order valence-corrected chi connectivity index (χ4v) is 3.39. The average molecular weight is 262 g/mol. The van der Waals surface area contributed by atoms with Crippen LogP contribution in [-0.4, -0.2) is 11.6 Å². The van der Waals surface area contributed by atoms with Crippen LogP contribution in [0.25, 0.3) is 0 Å². The Morgan fingerprint density at radius 3 is 2.26 bits per heavy atom. The van der Waals surface area contributed by atoms with E-state index in [1.807, 2.05) is 20.8 Å². The SMILES string of the molecule is CC(C)(C)OC(=O)CC1(C2C=CC=C2)CCCCC1. The van der Waals surface area contributed by atoms with Gasteiger partial charge in [-0.3, -0.25) is 4.79 Å². The molecule has 0 heterocycles. The lowest BCUT2D eigenvalue weighted by Gasteiger charge is -2.40. The molecule has 2 rings (SSSR count). The van der Waals surface area contributed by atoms with Crippen molar-refractivity contribution < 1.29 is 9.53 Å². The highest BCUT2D eigenvalue weighted by Crippen LogP contribution is 2.48. The van der Waals surface area contributed by atoms with Gasteiger partial charge in [0.1, 0.15) is 5.60 Å². The molecule has 2 nitrogen and oxygen atoms in total. The number of ether oxygens (including phenoxy) is 1. The number of carbonyl (C=O) groups is 1. The number of hydrogen-bond donors (Lipinski definition) is 0. The van der Waals surface area contributed by atoms with Gasteiger partial charge in [0.05, 0.1) is 6.42 Å². The Balaban J connectivity index is 2.08. The Labute approximate surface area is 116 Å². The van der Waals surface area contributed by atoms with Crippen molar-refractivity contribution in [3.63, 3.8) is 0 Å². The molecule has 0 atom stereocenters. The number of carbonyl (C=O) groups excluding carboxylic acids is 1. The summed E-state index contributed by atoms with van der Waals surface area (Å²) in [6.45, 7) is 5.81. The number of allylic oxidation sites excluding steroid dienone is 4. The van der Waals surface area contributed by atoms with Gasteiger partial charge in [-0.2, -0.15) is 0 Å². The predicted molar refractivity (Wildman–Crippen MR) is 77.8 cm³/mol. The molecule has 0 radical (unpaired) electrons. The van der Waals surface area contributed by atoms with Crippen molar-refractivity contribution in [3.8, 4) is 0 Å². The Bertz CT molecular complexity index is 367. The van der Waals surface area contributed by atoms with E-state index < -0.39 is 0 Å². The van der Waals surface area contributed by atoms with Crippen molar-refractivity contribution in [2.75, 3.05) is 0 Å². The van der Waals surface area contributed by atoms with Gasteiger partial charge in [0.2, 0.25) is 0 Å². The number of rotatable bonds is 3. The minimum absolute atomic E-state index is 0.0388. The molecule has 0 spiro atoms. The summed E-state index contributed by atoms with van der Waals surface area (Å²) in [7, 11) is 0. The molecule has 0 saturated heterocycles. The summed E-state index contributed by atoms with van der Waals surface area (Å²) in [5, 5.41) is 0. The van der Waals surface area contributed by atoms with Crippen LogP contribution in [0.4, 0.5) is 0 Å². The molecule has 2 aliphatic rings. The lowest BCUT2D eigenvalue weighted by Crippen LogP contribution is -2.35. The van der Waals surface area contributed by atoms with E-state index in [4.69, 9.17) is 4.74 Å². The number of hydrogen-bond acceptors (Lipinski definition) is 2. The molecule has 19 heavy (non-hydrogen) atoms. The maximum atomic E-state index is 12.2. The quantitative estimate of drug-likeness (QED) is 0.704. The van der Waals surface area contributed by atoms with E-state index in [9.17, 15) is 4.79 Å². The lowest BCUT2D eigenvalue weighted by molar-refractivity contribution is -0.158. The maximum Gasteiger partial charge on any atom is 0.306 e. The molecule has 2 aliphatic carbocycles. The van der Waals surface area contributed by atoms with Crippen LogP contribution in [0.15, 0.2) is 24.3 Å². The van der Waals surface area contributed by atoms with Gasteiger partial charge in [-0.1, -0.05) is 43.6 Å². The molecule has 0 aliphatic heterocycles. The van der Waals surface area contributed by atoms with E-state index in [2.05, 4.69) is 24.3 Å². The molecule has 0 N–H and O–H groups in total. The Hall–Kier alpha value is -1.05. The fraction of sp³-hybridized carbons (Fsp3) is 0.706. The highest BCUT2D eigenvalue weighted by Gasteiger charge is 2.40. The second-order valence-electron chi connectivity index (χ2n) is 6.98. The molecule has 0 aromatic heterocycles. The first kappa shape index (κ1) is 14.4. The van der Waals surface area contributed by atoms with E-state index in [-0.39, 0.29) is 17.0 Å². The average Bonchev–Trinajstić information content (AvgIpc) is 2.81. The molecule has 106 valence electrons. The normalized spacial score (nSPS) is 22.7. The topological polar surface area (TPSA) is 26.3 Å².